The summed E-state index contributed by atoms with van der Waals surface area (Å²) in [5, 5.41) is 21.6. The van der Waals surface area contributed by atoms with Crippen LogP contribution in [0, 0.1) is 11.8 Å². The topological polar surface area (TPSA) is 63.0 Å². The largest absolute Gasteiger partial charge is 0.396 e. The van der Waals surface area contributed by atoms with Gasteiger partial charge in [0, 0.05) is 19.6 Å². The van der Waals surface area contributed by atoms with Gasteiger partial charge in [0.1, 0.15) is 11.6 Å². The third-order valence-corrected chi connectivity index (χ3v) is 4.93. The quantitative estimate of drug-likeness (QED) is 0.857. The van der Waals surface area contributed by atoms with Crippen LogP contribution in [0.1, 0.15) is 50.2 Å². The molecule has 0 saturated heterocycles. The monoisotopic (exact) mass is 278 g/mol. The molecule has 1 aliphatic carbocycles. The standard InChI is InChI=1S/C15H26N4O/c20-11-13-6-2-1-5-12(13)9-16-10-15-18-17-14-7-3-4-8-19(14)15/h12-13,16,20H,1-11H2. The third kappa shape index (κ3) is 3.04. The Morgan fingerprint density at radius 2 is 1.95 bits per heavy atom. The van der Waals surface area contributed by atoms with Crippen molar-refractivity contribution in [2.24, 2.45) is 11.8 Å². The fourth-order valence-corrected chi connectivity index (χ4v) is 3.66. The van der Waals surface area contributed by atoms with Crippen molar-refractivity contribution in [3.05, 3.63) is 11.6 Å². The molecule has 1 aliphatic heterocycles. The molecule has 2 unspecified atom stereocenters. The summed E-state index contributed by atoms with van der Waals surface area (Å²) in [5.41, 5.74) is 0. The zero-order valence-corrected chi connectivity index (χ0v) is 12.2. The average Bonchev–Trinajstić information content (AvgIpc) is 2.91. The molecule has 2 atom stereocenters. The summed E-state index contributed by atoms with van der Waals surface area (Å²) in [7, 11) is 0. The minimum atomic E-state index is 0.340. The zero-order valence-electron chi connectivity index (χ0n) is 12.2. The highest BCUT2D eigenvalue weighted by atomic mass is 16.3. The Morgan fingerprint density at radius 1 is 1.10 bits per heavy atom. The number of hydrogen-bond acceptors (Lipinski definition) is 4. The van der Waals surface area contributed by atoms with Gasteiger partial charge in [0.2, 0.25) is 0 Å². The van der Waals surface area contributed by atoms with E-state index in [0.29, 0.717) is 18.4 Å². The molecule has 0 bridgehead atoms. The number of aliphatic hydroxyl groups is 1. The van der Waals surface area contributed by atoms with Gasteiger partial charge in [-0.05, 0) is 44.1 Å². The smallest absolute Gasteiger partial charge is 0.147 e. The summed E-state index contributed by atoms with van der Waals surface area (Å²) >= 11 is 0. The molecule has 1 saturated carbocycles. The molecule has 0 radical (unpaired) electrons. The van der Waals surface area contributed by atoms with Gasteiger partial charge in [0.25, 0.3) is 0 Å². The van der Waals surface area contributed by atoms with Gasteiger partial charge in [-0.2, -0.15) is 0 Å². The van der Waals surface area contributed by atoms with Crippen LogP contribution in [-0.2, 0) is 19.5 Å². The summed E-state index contributed by atoms with van der Waals surface area (Å²) in [5.74, 6) is 3.34. The number of rotatable bonds is 5. The molecule has 0 spiro atoms. The average molecular weight is 278 g/mol. The molecule has 2 N–H and O–H groups in total. The highest BCUT2D eigenvalue weighted by Crippen LogP contribution is 2.29. The van der Waals surface area contributed by atoms with E-state index < -0.39 is 0 Å². The van der Waals surface area contributed by atoms with Crippen molar-refractivity contribution in [2.75, 3.05) is 13.2 Å². The minimum Gasteiger partial charge on any atom is -0.396 e. The summed E-state index contributed by atoms with van der Waals surface area (Å²) in [4.78, 5) is 0. The predicted octanol–water partition coefficient (Wildman–Crippen LogP) is 1.50. The van der Waals surface area contributed by atoms with E-state index in [0.717, 1.165) is 37.7 Å². The molecule has 5 nitrogen and oxygen atoms in total. The lowest BCUT2D eigenvalue weighted by Gasteiger charge is -2.30. The molecule has 0 amide bonds. The first kappa shape index (κ1) is 14.0. The molecule has 1 aromatic heterocycles. The molecule has 2 aliphatic rings. The van der Waals surface area contributed by atoms with Crippen LogP contribution in [0.5, 0.6) is 0 Å². The van der Waals surface area contributed by atoms with Gasteiger partial charge in [-0.15, -0.1) is 10.2 Å². The molecule has 112 valence electrons. The number of hydrogen-bond donors (Lipinski definition) is 2. The molecule has 1 aromatic rings. The SMILES string of the molecule is OCC1CCCCC1CNCc1nnc2n1CCCC2. The Bertz CT molecular complexity index is 432. The van der Waals surface area contributed by atoms with Gasteiger partial charge in [-0.25, -0.2) is 0 Å². The summed E-state index contributed by atoms with van der Waals surface area (Å²) in [6.07, 6.45) is 8.57. The van der Waals surface area contributed by atoms with Gasteiger partial charge in [-0.3, -0.25) is 0 Å². The van der Waals surface area contributed by atoms with Gasteiger partial charge < -0.3 is 15.0 Å². The first-order valence-corrected chi connectivity index (χ1v) is 8.11. The summed E-state index contributed by atoms with van der Waals surface area (Å²) in [6, 6.07) is 0. The predicted molar refractivity (Wildman–Crippen MR) is 77.2 cm³/mol. The normalized spacial score (nSPS) is 26.4. The van der Waals surface area contributed by atoms with Crippen LogP contribution in [0.15, 0.2) is 0 Å². The van der Waals surface area contributed by atoms with Gasteiger partial charge in [-0.1, -0.05) is 12.8 Å². The molecule has 2 heterocycles. The number of aromatic nitrogens is 3. The zero-order chi connectivity index (χ0) is 13.8. The van der Waals surface area contributed by atoms with E-state index in [4.69, 9.17) is 0 Å². The molecular weight excluding hydrogens is 252 g/mol. The van der Waals surface area contributed by atoms with Crippen LogP contribution in [-0.4, -0.2) is 33.0 Å². The Hall–Kier alpha value is -0.940. The van der Waals surface area contributed by atoms with Crippen LogP contribution in [0.4, 0.5) is 0 Å². The molecule has 0 aromatic carbocycles. The second-order valence-electron chi connectivity index (χ2n) is 6.26. The van der Waals surface area contributed by atoms with E-state index in [2.05, 4.69) is 20.1 Å². The van der Waals surface area contributed by atoms with E-state index in [-0.39, 0.29) is 0 Å². The van der Waals surface area contributed by atoms with Crippen LogP contribution >= 0.6 is 0 Å². The van der Waals surface area contributed by atoms with E-state index in [9.17, 15) is 5.11 Å². The lowest BCUT2D eigenvalue weighted by molar-refractivity contribution is 0.133. The van der Waals surface area contributed by atoms with Crippen molar-refractivity contribution in [3.8, 4) is 0 Å². The van der Waals surface area contributed by atoms with Crippen molar-refractivity contribution >= 4 is 0 Å². The first-order valence-electron chi connectivity index (χ1n) is 8.11. The van der Waals surface area contributed by atoms with Crippen LogP contribution in [0.25, 0.3) is 0 Å². The first-order chi connectivity index (χ1) is 9.88. The number of nitrogens with zero attached hydrogens (tertiary/aromatic N) is 3. The van der Waals surface area contributed by atoms with Crippen LogP contribution in [0.3, 0.4) is 0 Å². The van der Waals surface area contributed by atoms with Crippen LogP contribution < -0.4 is 5.32 Å². The Morgan fingerprint density at radius 3 is 2.80 bits per heavy atom. The Kier molecular flexibility index (Phi) is 4.68. The third-order valence-electron chi connectivity index (χ3n) is 4.93. The fraction of sp³-hybridized carbons (Fsp3) is 0.867. The lowest BCUT2D eigenvalue weighted by Crippen LogP contribution is -2.32. The maximum absolute atomic E-state index is 9.45. The number of fused-ring (bicyclic) bond motifs is 1. The molecular formula is C15H26N4O. The fourth-order valence-electron chi connectivity index (χ4n) is 3.66. The second kappa shape index (κ2) is 6.68. The lowest BCUT2D eigenvalue weighted by atomic mass is 9.79. The maximum Gasteiger partial charge on any atom is 0.147 e. The van der Waals surface area contributed by atoms with Gasteiger partial charge in [0.05, 0.1) is 6.54 Å². The Balaban J connectivity index is 1.51. The highest BCUT2D eigenvalue weighted by Gasteiger charge is 2.24. The summed E-state index contributed by atoms with van der Waals surface area (Å²) < 4.78 is 2.28. The number of aliphatic hydroxyl groups excluding tert-OH is 1. The van der Waals surface area contributed by atoms with E-state index >= 15 is 0 Å². The van der Waals surface area contributed by atoms with Crippen molar-refractivity contribution in [1.29, 1.82) is 0 Å². The molecule has 5 heteroatoms. The van der Waals surface area contributed by atoms with Gasteiger partial charge >= 0.3 is 0 Å². The number of aryl methyl sites for hydroxylation is 1. The summed E-state index contributed by atoms with van der Waals surface area (Å²) in [6.45, 7) is 3.21. The number of nitrogens with one attached hydrogen (secondary N) is 1. The van der Waals surface area contributed by atoms with E-state index in [1.54, 1.807) is 0 Å². The molecule has 3 rings (SSSR count). The van der Waals surface area contributed by atoms with Crippen molar-refractivity contribution in [2.45, 2.75) is 58.0 Å². The van der Waals surface area contributed by atoms with Crippen molar-refractivity contribution < 1.29 is 5.11 Å². The van der Waals surface area contributed by atoms with Gasteiger partial charge in [0.15, 0.2) is 0 Å². The minimum absolute atomic E-state index is 0.340. The molecule has 1 fully saturated rings. The van der Waals surface area contributed by atoms with E-state index in [1.807, 2.05) is 0 Å². The Labute approximate surface area is 120 Å². The maximum atomic E-state index is 9.45. The van der Waals surface area contributed by atoms with Crippen LogP contribution in [0.2, 0.25) is 0 Å². The highest BCUT2D eigenvalue weighted by molar-refractivity contribution is 4.98. The van der Waals surface area contributed by atoms with Crippen molar-refractivity contribution in [3.63, 3.8) is 0 Å². The molecule has 20 heavy (non-hydrogen) atoms. The van der Waals surface area contributed by atoms with Crippen molar-refractivity contribution in [1.82, 2.24) is 20.1 Å². The van der Waals surface area contributed by atoms with E-state index in [1.165, 1.54) is 38.5 Å². The second-order valence-corrected chi connectivity index (χ2v) is 6.26.